The van der Waals surface area contributed by atoms with Crippen LogP contribution in [0.1, 0.15) is 12.0 Å². The molecule has 0 radical (unpaired) electrons. The Morgan fingerprint density at radius 3 is 2.63 bits per heavy atom. The number of sulfonamides is 1. The van der Waals surface area contributed by atoms with Crippen molar-refractivity contribution in [2.75, 3.05) is 13.1 Å². The molecule has 0 aliphatic carbocycles. The van der Waals surface area contributed by atoms with Crippen molar-refractivity contribution in [3.8, 4) is 0 Å². The summed E-state index contributed by atoms with van der Waals surface area (Å²) in [6, 6.07) is 3.45. The van der Waals surface area contributed by atoms with Crippen molar-refractivity contribution in [2.24, 2.45) is 0 Å². The zero-order chi connectivity index (χ0) is 14.1. The molecule has 19 heavy (non-hydrogen) atoms. The highest BCUT2D eigenvalue weighted by molar-refractivity contribution is 7.89. The van der Waals surface area contributed by atoms with Crippen LogP contribution in [0.2, 0.25) is 0 Å². The molecule has 0 unspecified atom stereocenters. The molecule has 1 saturated heterocycles. The van der Waals surface area contributed by atoms with Gasteiger partial charge in [0, 0.05) is 12.6 Å². The lowest BCUT2D eigenvalue weighted by molar-refractivity contribution is -0.137. The summed E-state index contributed by atoms with van der Waals surface area (Å²) in [4.78, 5) is -0.366. The quantitative estimate of drug-likeness (QED) is 0.884. The van der Waals surface area contributed by atoms with Gasteiger partial charge in [0.25, 0.3) is 0 Å². The molecule has 1 aliphatic rings. The van der Waals surface area contributed by atoms with Crippen molar-refractivity contribution < 1.29 is 21.6 Å². The Bertz CT molecular complexity index is 551. The van der Waals surface area contributed by atoms with E-state index in [1.54, 1.807) is 0 Å². The minimum absolute atomic E-state index is 0.278. The Kier molecular flexibility index (Phi) is 3.84. The molecule has 1 aromatic carbocycles. The van der Waals surface area contributed by atoms with E-state index in [1.165, 1.54) is 0 Å². The van der Waals surface area contributed by atoms with Gasteiger partial charge in [0.1, 0.15) is 0 Å². The molecular weight excluding hydrogens is 281 g/mol. The summed E-state index contributed by atoms with van der Waals surface area (Å²) in [6.45, 7) is 1.17. The second-order valence-corrected chi connectivity index (χ2v) is 6.05. The fourth-order valence-electron chi connectivity index (χ4n) is 1.88. The average molecular weight is 294 g/mol. The van der Waals surface area contributed by atoms with E-state index in [0.717, 1.165) is 18.2 Å². The fourth-order valence-corrected chi connectivity index (χ4v) is 3.20. The molecular formula is C11H13F3N2O2S. The van der Waals surface area contributed by atoms with Gasteiger partial charge in [-0.3, -0.25) is 0 Å². The Balaban J connectivity index is 2.25. The summed E-state index contributed by atoms with van der Waals surface area (Å²) in [6.07, 6.45) is -3.93. The van der Waals surface area contributed by atoms with Gasteiger partial charge in [-0.25, -0.2) is 13.1 Å². The van der Waals surface area contributed by atoms with Gasteiger partial charge in [-0.15, -0.1) is 0 Å². The maximum absolute atomic E-state index is 12.5. The number of halogens is 3. The number of benzene rings is 1. The van der Waals surface area contributed by atoms with Gasteiger partial charge in [0.05, 0.1) is 10.5 Å². The van der Waals surface area contributed by atoms with Gasteiger partial charge in [0.2, 0.25) is 10.0 Å². The van der Waals surface area contributed by atoms with Crippen molar-refractivity contribution in [2.45, 2.75) is 23.5 Å². The minimum atomic E-state index is -4.56. The van der Waals surface area contributed by atoms with Crippen LogP contribution in [0.4, 0.5) is 13.2 Å². The Morgan fingerprint density at radius 1 is 1.32 bits per heavy atom. The van der Waals surface area contributed by atoms with Crippen molar-refractivity contribution in [1.82, 2.24) is 10.0 Å². The Labute approximate surface area is 109 Å². The molecule has 4 nitrogen and oxygen atoms in total. The molecule has 0 bridgehead atoms. The second kappa shape index (κ2) is 5.10. The van der Waals surface area contributed by atoms with Crippen LogP contribution in [0, 0.1) is 0 Å². The van der Waals surface area contributed by atoms with Crippen LogP contribution < -0.4 is 10.0 Å². The first kappa shape index (κ1) is 14.3. The van der Waals surface area contributed by atoms with Crippen molar-refractivity contribution in [1.29, 1.82) is 0 Å². The molecule has 1 aliphatic heterocycles. The van der Waals surface area contributed by atoms with Crippen LogP contribution in [0.3, 0.4) is 0 Å². The zero-order valence-corrected chi connectivity index (χ0v) is 10.7. The molecule has 0 saturated carbocycles. The second-order valence-electron chi connectivity index (χ2n) is 4.34. The molecule has 1 atom stereocenters. The molecule has 1 aromatic rings. The highest BCUT2D eigenvalue weighted by Crippen LogP contribution is 2.30. The first-order chi connectivity index (χ1) is 8.79. The lowest BCUT2D eigenvalue weighted by Gasteiger charge is -2.13. The van der Waals surface area contributed by atoms with E-state index in [1.807, 2.05) is 0 Å². The fraction of sp³-hybridized carbons (Fsp3) is 0.455. The molecule has 106 valence electrons. The van der Waals surface area contributed by atoms with Crippen LogP contribution in [-0.4, -0.2) is 27.5 Å². The summed E-state index contributed by atoms with van der Waals surface area (Å²) < 4.78 is 63.9. The molecule has 1 fully saturated rings. The summed E-state index contributed by atoms with van der Waals surface area (Å²) >= 11 is 0. The number of hydrogen-bond acceptors (Lipinski definition) is 3. The van der Waals surface area contributed by atoms with Crippen molar-refractivity contribution in [3.05, 3.63) is 29.8 Å². The van der Waals surface area contributed by atoms with E-state index in [-0.39, 0.29) is 10.9 Å². The van der Waals surface area contributed by atoms with Gasteiger partial charge in [-0.05, 0) is 31.2 Å². The van der Waals surface area contributed by atoms with Gasteiger partial charge >= 0.3 is 6.18 Å². The summed E-state index contributed by atoms with van der Waals surface area (Å²) in [7, 11) is -3.92. The predicted octanol–water partition coefficient (Wildman–Crippen LogP) is 1.35. The summed E-state index contributed by atoms with van der Waals surface area (Å²) in [5.41, 5.74) is -0.972. The molecule has 1 heterocycles. The monoisotopic (exact) mass is 294 g/mol. The number of rotatable bonds is 3. The SMILES string of the molecule is O=S(=O)(N[C@H]1CCNC1)c1cccc(C(F)(F)F)c1. The third kappa shape index (κ3) is 3.46. The molecule has 8 heteroatoms. The van der Waals surface area contributed by atoms with Crippen LogP contribution in [0.5, 0.6) is 0 Å². The van der Waals surface area contributed by atoms with Crippen LogP contribution >= 0.6 is 0 Å². The lowest BCUT2D eigenvalue weighted by atomic mass is 10.2. The average Bonchev–Trinajstić information content (AvgIpc) is 2.80. The highest BCUT2D eigenvalue weighted by Gasteiger charge is 2.32. The summed E-state index contributed by atoms with van der Waals surface area (Å²) in [5, 5.41) is 2.98. The summed E-state index contributed by atoms with van der Waals surface area (Å²) in [5.74, 6) is 0. The number of nitrogens with one attached hydrogen (secondary N) is 2. The maximum atomic E-state index is 12.5. The Hall–Kier alpha value is -1.12. The standard InChI is InChI=1S/C11H13F3N2O2S/c12-11(13,14)8-2-1-3-10(6-8)19(17,18)16-9-4-5-15-7-9/h1-3,6,9,15-16H,4-5,7H2/t9-/m0/s1. The first-order valence-corrected chi connectivity index (χ1v) is 7.18. The van der Waals surface area contributed by atoms with Crippen LogP contribution in [0.25, 0.3) is 0 Å². The number of alkyl halides is 3. The van der Waals surface area contributed by atoms with E-state index in [2.05, 4.69) is 10.0 Å². The third-order valence-corrected chi connectivity index (χ3v) is 4.37. The third-order valence-electron chi connectivity index (χ3n) is 2.85. The largest absolute Gasteiger partial charge is 0.416 e. The van der Waals surface area contributed by atoms with E-state index in [0.29, 0.717) is 25.6 Å². The van der Waals surface area contributed by atoms with Crippen LogP contribution in [-0.2, 0) is 16.2 Å². The van der Waals surface area contributed by atoms with E-state index < -0.39 is 21.8 Å². The molecule has 2 N–H and O–H groups in total. The van der Waals surface area contributed by atoms with Gasteiger partial charge in [-0.2, -0.15) is 13.2 Å². The van der Waals surface area contributed by atoms with Gasteiger partial charge < -0.3 is 5.32 Å². The first-order valence-electron chi connectivity index (χ1n) is 5.69. The number of hydrogen-bond donors (Lipinski definition) is 2. The van der Waals surface area contributed by atoms with Crippen LogP contribution in [0.15, 0.2) is 29.2 Å². The minimum Gasteiger partial charge on any atom is -0.315 e. The topological polar surface area (TPSA) is 58.2 Å². The molecule has 0 amide bonds. The van der Waals surface area contributed by atoms with Gasteiger partial charge in [-0.1, -0.05) is 6.07 Å². The molecule has 2 rings (SSSR count). The van der Waals surface area contributed by atoms with E-state index in [9.17, 15) is 21.6 Å². The van der Waals surface area contributed by atoms with Crippen molar-refractivity contribution >= 4 is 10.0 Å². The predicted molar refractivity (Wildman–Crippen MR) is 63.0 cm³/mol. The van der Waals surface area contributed by atoms with E-state index in [4.69, 9.17) is 0 Å². The van der Waals surface area contributed by atoms with E-state index >= 15 is 0 Å². The normalized spacial score (nSPS) is 20.7. The molecule has 0 aromatic heterocycles. The molecule has 0 spiro atoms. The highest BCUT2D eigenvalue weighted by atomic mass is 32.2. The lowest BCUT2D eigenvalue weighted by Crippen LogP contribution is -2.36. The van der Waals surface area contributed by atoms with Crippen molar-refractivity contribution in [3.63, 3.8) is 0 Å². The zero-order valence-electron chi connectivity index (χ0n) is 9.87. The smallest absolute Gasteiger partial charge is 0.315 e. The maximum Gasteiger partial charge on any atom is 0.416 e. The van der Waals surface area contributed by atoms with Gasteiger partial charge in [0.15, 0.2) is 0 Å². The Morgan fingerprint density at radius 2 is 2.05 bits per heavy atom.